The molecule has 1 saturated carbocycles. The van der Waals surface area contributed by atoms with Gasteiger partial charge >= 0.3 is 0 Å². The third-order valence-corrected chi connectivity index (χ3v) is 4.02. The molecule has 0 bridgehead atoms. The first-order valence-corrected chi connectivity index (χ1v) is 6.68. The van der Waals surface area contributed by atoms with Crippen molar-refractivity contribution in [1.82, 2.24) is 0 Å². The predicted molar refractivity (Wildman–Crippen MR) is 65.7 cm³/mol. The Labute approximate surface area is 95.3 Å². The van der Waals surface area contributed by atoms with E-state index in [-0.39, 0.29) is 5.78 Å². The fourth-order valence-corrected chi connectivity index (χ4v) is 3.01. The number of hydrogen-bond acceptors (Lipinski definition) is 2. The molecule has 0 aromatic heterocycles. The number of hydrogen-bond donors (Lipinski definition) is 0. The molecule has 1 nitrogen and oxygen atoms in total. The Morgan fingerprint density at radius 3 is 2.33 bits per heavy atom. The molecule has 0 atom stereocenters. The fourth-order valence-electron chi connectivity index (χ4n) is 2.00. The predicted octanol–water partition coefficient (Wildman–Crippen LogP) is 3.28. The Morgan fingerprint density at radius 1 is 1.33 bits per heavy atom. The zero-order valence-corrected chi connectivity index (χ0v) is 10.1. The molecule has 1 fully saturated rings. The molecule has 15 heavy (non-hydrogen) atoms. The first kappa shape index (κ1) is 10.7. The topological polar surface area (TPSA) is 17.1 Å². The van der Waals surface area contributed by atoms with Crippen LogP contribution in [0.3, 0.4) is 0 Å². The van der Waals surface area contributed by atoms with E-state index in [1.807, 2.05) is 23.9 Å². The molecule has 1 aromatic carbocycles. The minimum Gasteiger partial charge on any atom is -0.295 e. The van der Waals surface area contributed by atoms with Crippen LogP contribution < -0.4 is 0 Å². The molecule has 2 rings (SSSR count). The van der Waals surface area contributed by atoms with E-state index in [4.69, 9.17) is 0 Å². The van der Waals surface area contributed by atoms with Crippen LogP contribution in [0.4, 0.5) is 0 Å². The van der Waals surface area contributed by atoms with Gasteiger partial charge in [0.25, 0.3) is 0 Å². The van der Waals surface area contributed by atoms with Gasteiger partial charge in [0, 0.05) is 16.7 Å². The van der Waals surface area contributed by atoms with Crippen LogP contribution >= 0.6 is 11.8 Å². The lowest BCUT2D eigenvalue weighted by Crippen LogP contribution is -2.09. The van der Waals surface area contributed by atoms with Crippen molar-refractivity contribution in [3.8, 4) is 0 Å². The van der Waals surface area contributed by atoms with E-state index in [0.717, 1.165) is 5.56 Å². The van der Waals surface area contributed by atoms with Crippen LogP contribution in [0.25, 0.3) is 0 Å². The maximum Gasteiger partial charge on any atom is 0.159 e. The minimum absolute atomic E-state index is 0.149. The van der Waals surface area contributed by atoms with Crippen molar-refractivity contribution in [2.24, 2.45) is 0 Å². The molecule has 0 spiro atoms. The molecular formula is C13H16OS. The van der Waals surface area contributed by atoms with E-state index in [9.17, 15) is 4.79 Å². The number of rotatable bonds is 4. The van der Waals surface area contributed by atoms with Gasteiger partial charge in [-0.1, -0.05) is 24.3 Å². The van der Waals surface area contributed by atoms with Crippen molar-refractivity contribution in [2.45, 2.75) is 25.2 Å². The molecule has 80 valence electrons. The van der Waals surface area contributed by atoms with E-state index in [1.165, 1.54) is 24.2 Å². The summed E-state index contributed by atoms with van der Waals surface area (Å²) in [5.74, 6) is 1.35. The third-order valence-electron chi connectivity index (χ3n) is 3.18. The Morgan fingerprint density at radius 2 is 1.93 bits per heavy atom. The molecule has 0 unspecified atom stereocenters. The van der Waals surface area contributed by atoms with Gasteiger partial charge in [-0.25, -0.2) is 0 Å². The van der Waals surface area contributed by atoms with E-state index >= 15 is 0 Å². The van der Waals surface area contributed by atoms with Crippen LogP contribution in [0.15, 0.2) is 24.3 Å². The SMILES string of the molecule is CSCC1(c2ccc(C(C)=O)cc2)CC1. The standard InChI is InChI=1S/C13H16OS/c1-10(14)11-3-5-12(6-4-11)13(7-8-13)9-15-2/h3-6H,7-9H2,1-2H3. The van der Waals surface area contributed by atoms with Crippen molar-refractivity contribution in [3.63, 3.8) is 0 Å². The lowest BCUT2D eigenvalue weighted by atomic mass is 9.96. The number of thioether (sulfide) groups is 1. The fraction of sp³-hybridized carbons (Fsp3) is 0.462. The molecule has 0 heterocycles. The van der Waals surface area contributed by atoms with Crippen LogP contribution in [-0.4, -0.2) is 17.8 Å². The first-order chi connectivity index (χ1) is 7.18. The molecule has 0 radical (unpaired) electrons. The van der Waals surface area contributed by atoms with Gasteiger partial charge in [-0.15, -0.1) is 0 Å². The summed E-state index contributed by atoms with van der Waals surface area (Å²) < 4.78 is 0. The van der Waals surface area contributed by atoms with Crippen LogP contribution in [0.5, 0.6) is 0 Å². The third kappa shape index (κ3) is 2.10. The molecule has 0 aliphatic heterocycles. The second-order valence-corrected chi connectivity index (χ2v) is 5.21. The van der Waals surface area contributed by atoms with Gasteiger partial charge in [0.1, 0.15) is 0 Å². The highest BCUT2D eigenvalue weighted by atomic mass is 32.2. The highest BCUT2D eigenvalue weighted by molar-refractivity contribution is 7.98. The summed E-state index contributed by atoms with van der Waals surface area (Å²) in [5.41, 5.74) is 2.65. The molecule has 0 saturated heterocycles. The molecule has 0 N–H and O–H groups in total. The van der Waals surface area contributed by atoms with Gasteiger partial charge < -0.3 is 0 Å². The van der Waals surface area contributed by atoms with Gasteiger partial charge in [0.15, 0.2) is 5.78 Å². The van der Waals surface area contributed by atoms with Gasteiger partial charge in [0.05, 0.1) is 0 Å². The number of carbonyl (C=O) groups is 1. The van der Waals surface area contributed by atoms with Crippen LogP contribution in [0.2, 0.25) is 0 Å². The smallest absolute Gasteiger partial charge is 0.159 e. The van der Waals surface area contributed by atoms with Crippen LogP contribution in [0.1, 0.15) is 35.7 Å². The number of carbonyl (C=O) groups excluding carboxylic acids is 1. The van der Waals surface area contributed by atoms with E-state index in [2.05, 4.69) is 18.4 Å². The molecule has 1 aromatic rings. The van der Waals surface area contributed by atoms with E-state index in [0.29, 0.717) is 5.41 Å². The summed E-state index contributed by atoms with van der Waals surface area (Å²) in [6.45, 7) is 1.61. The molecule has 0 amide bonds. The van der Waals surface area contributed by atoms with E-state index < -0.39 is 0 Å². The Bertz CT molecular complexity index is 363. The van der Waals surface area contributed by atoms with E-state index in [1.54, 1.807) is 6.92 Å². The Balaban J connectivity index is 2.20. The summed E-state index contributed by atoms with van der Waals surface area (Å²) in [4.78, 5) is 11.1. The lowest BCUT2D eigenvalue weighted by Gasteiger charge is -2.14. The Kier molecular flexibility index (Phi) is 2.87. The average Bonchev–Trinajstić information content (AvgIpc) is 3.00. The molecule has 2 heteroatoms. The average molecular weight is 220 g/mol. The highest BCUT2D eigenvalue weighted by Gasteiger charge is 2.43. The van der Waals surface area contributed by atoms with Crippen molar-refractivity contribution < 1.29 is 4.79 Å². The molecule has 1 aliphatic carbocycles. The largest absolute Gasteiger partial charge is 0.295 e. The molecule has 1 aliphatic rings. The van der Waals surface area contributed by atoms with Gasteiger partial charge in [0.2, 0.25) is 0 Å². The van der Waals surface area contributed by atoms with Crippen molar-refractivity contribution in [3.05, 3.63) is 35.4 Å². The van der Waals surface area contributed by atoms with Crippen molar-refractivity contribution >= 4 is 17.5 Å². The summed E-state index contributed by atoms with van der Waals surface area (Å²) in [6.07, 6.45) is 4.75. The van der Waals surface area contributed by atoms with Crippen molar-refractivity contribution in [2.75, 3.05) is 12.0 Å². The summed E-state index contributed by atoms with van der Waals surface area (Å²) in [7, 11) is 0. The zero-order valence-electron chi connectivity index (χ0n) is 9.25. The number of benzene rings is 1. The van der Waals surface area contributed by atoms with Gasteiger partial charge in [-0.3, -0.25) is 4.79 Å². The lowest BCUT2D eigenvalue weighted by molar-refractivity contribution is 0.101. The summed E-state index contributed by atoms with van der Waals surface area (Å²) >= 11 is 1.91. The second-order valence-electron chi connectivity index (χ2n) is 4.35. The minimum atomic E-state index is 0.149. The maximum atomic E-state index is 11.1. The van der Waals surface area contributed by atoms with Gasteiger partial charge in [-0.2, -0.15) is 11.8 Å². The number of ketones is 1. The quantitative estimate of drug-likeness (QED) is 0.724. The summed E-state index contributed by atoms with van der Waals surface area (Å²) in [5, 5.41) is 0. The van der Waals surface area contributed by atoms with Crippen LogP contribution in [0, 0.1) is 0 Å². The normalized spacial score (nSPS) is 17.5. The van der Waals surface area contributed by atoms with Crippen LogP contribution in [-0.2, 0) is 5.41 Å². The maximum absolute atomic E-state index is 11.1. The summed E-state index contributed by atoms with van der Waals surface area (Å²) in [6, 6.07) is 8.16. The number of Topliss-reactive ketones (excluding diaryl/α,β-unsaturated/α-hetero) is 1. The Hall–Kier alpha value is -0.760. The van der Waals surface area contributed by atoms with Gasteiger partial charge in [-0.05, 0) is 31.6 Å². The zero-order chi connectivity index (χ0) is 10.9. The first-order valence-electron chi connectivity index (χ1n) is 5.28. The molecular weight excluding hydrogens is 204 g/mol. The highest BCUT2D eigenvalue weighted by Crippen LogP contribution is 2.49. The monoisotopic (exact) mass is 220 g/mol. The van der Waals surface area contributed by atoms with Crippen molar-refractivity contribution in [1.29, 1.82) is 0 Å². The second kappa shape index (κ2) is 4.01.